The van der Waals surface area contributed by atoms with Crippen LogP contribution in [0.25, 0.3) is 0 Å². The van der Waals surface area contributed by atoms with Crippen molar-refractivity contribution in [3.8, 4) is 0 Å². The first-order chi connectivity index (χ1) is 8.19. The third-order valence-corrected chi connectivity index (χ3v) is 5.67. The smallest absolute Gasteiger partial charge is 0.377 e. The topological polar surface area (TPSA) is 49.5 Å². The summed E-state index contributed by atoms with van der Waals surface area (Å²) < 4.78 is 27.6. The molecule has 6 heteroatoms. The quantitative estimate of drug-likeness (QED) is 0.342. The van der Waals surface area contributed by atoms with Crippen molar-refractivity contribution in [3.05, 3.63) is 0 Å². The normalized spacial score (nSPS) is 21.5. The second-order valence-corrected chi connectivity index (χ2v) is 7.00. The van der Waals surface area contributed by atoms with Gasteiger partial charge in [-0.05, 0) is 6.42 Å². The van der Waals surface area contributed by atoms with Gasteiger partial charge >= 0.3 is 8.80 Å². The molecule has 2 unspecified atom stereocenters. The van der Waals surface area contributed by atoms with Crippen LogP contribution >= 0.6 is 0 Å². The van der Waals surface area contributed by atoms with Crippen molar-refractivity contribution in [2.75, 3.05) is 27.4 Å². The third-order valence-electron chi connectivity index (χ3n) is 2.69. The molecule has 0 aromatic carbocycles. The van der Waals surface area contributed by atoms with E-state index in [1.54, 1.807) is 14.2 Å². The molecule has 0 spiro atoms. The standard InChI is InChI=1S/C11H24O5Si/c1-5-7-17(12-3,13-4)16-11(6-2)15-9-10-8-14-10/h10-11H,5-9H2,1-4H3. The number of rotatable bonds is 10. The number of ether oxygens (including phenoxy) is 2. The van der Waals surface area contributed by atoms with E-state index in [1.807, 2.05) is 6.92 Å². The van der Waals surface area contributed by atoms with Crippen molar-refractivity contribution >= 4 is 8.80 Å². The molecule has 0 amide bonds. The largest absolute Gasteiger partial charge is 0.502 e. The van der Waals surface area contributed by atoms with Crippen LogP contribution in [0.4, 0.5) is 0 Å². The van der Waals surface area contributed by atoms with Crippen molar-refractivity contribution in [1.29, 1.82) is 0 Å². The van der Waals surface area contributed by atoms with Crippen LogP contribution in [-0.4, -0.2) is 48.6 Å². The van der Waals surface area contributed by atoms with E-state index in [0.717, 1.165) is 25.5 Å². The van der Waals surface area contributed by atoms with Crippen LogP contribution in [0.3, 0.4) is 0 Å². The summed E-state index contributed by atoms with van der Waals surface area (Å²) >= 11 is 0. The maximum atomic E-state index is 5.92. The number of hydrogen-bond acceptors (Lipinski definition) is 5. The van der Waals surface area contributed by atoms with Gasteiger partial charge in [-0.15, -0.1) is 0 Å². The molecule has 1 saturated heterocycles. The van der Waals surface area contributed by atoms with E-state index in [2.05, 4.69) is 6.92 Å². The average molecular weight is 264 g/mol. The molecule has 0 radical (unpaired) electrons. The summed E-state index contributed by atoms with van der Waals surface area (Å²) in [4.78, 5) is 0. The van der Waals surface area contributed by atoms with Gasteiger partial charge in [0, 0.05) is 20.3 Å². The molecule has 5 nitrogen and oxygen atoms in total. The van der Waals surface area contributed by atoms with E-state index >= 15 is 0 Å². The summed E-state index contributed by atoms with van der Waals surface area (Å²) in [7, 11) is 0.737. The van der Waals surface area contributed by atoms with Gasteiger partial charge in [-0.1, -0.05) is 20.3 Å². The molecule has 102 valence electrons. The molecule has 0 saturated carbocycles. The molecule has 0 bridgehead atoms. The molecule has 1 fully saturated rings. The molecular weight excluding hydrogens is 240 g/mol. The van der Waals surface area contributed by atoms with Gasteiger partial charge < -0.3 is 22.8 Å². The maximum Gasteiger partial charge on any atom is 0.502 e. The van der Waals surface area contributed by atoms with Crippen molar-refractivity contribution < 1.29 is 22.8 Å². The molecule has 0 aliphatic carbocycles. The zero-order chi connectivity index (χ0) is 12.7. The first-order valence-corrected chi connectivity index (χ1v) is 8.14. The minimum absolute atomic E-state index is 0.250. The Morgan fingerprint density at radius 2 is 1.94 bits per heavy atom. The summed E-state index contributed by atoms with van der Waals surface area (Å²) in [6, 6.07) is 0.805. The lowest BCUT2D eigenvalue weighted by Gasteiger charge is -2.30. The first-order valence-electron chi connectivity index (χ1n) is 6.21. The SMILES string of the molecule is CCC[Si](OC)(OC)OC(CC)OCC1CO1. The minimum Gasteiger partial charge on any atom is -0.377 e. The zero-order valence-corrected chi connectivity index (χ0v) is 12.2. The molecule has 1 aliphatic rings. The summed E-state index contributed by atoms with van der Waals surface area (Å²) in [6.07, 6.45) is 1.73. The fraction of sp³-hybridized carbons (Fsp3) is 1.00. The highest BCUT2D eigenvalue weighted by Gasteiger charge is 2.40. The molecular formula is C11H24O5Si. The Morgan fingerprint density at radius 3 is 2.35 bits per heavy atom. The van der Waals surface area contributed by atoms with Crippen LogP contribution in [-0.2, 0) is 22.8 Å². The Bertz CT molecular complexity index is 206. The fourth-order valence-corrected chi connectivity index (χ4v) is 3.70. The lowest BCUT2D eigenvalue weighted by molar-refractivity contribution is -0.119. The summed E-state index contributed by atoms with van der Waals surface area (Å²) in [5, 5.41) is 0. The molecule has 0 aromatic rings. The monoisotopic (exact) mass is 264 g/mol. The summed E-state index contributed by atoms with van der Waals surface area (Å²) in [5.74, 6) is 0. The Balaban J connectivity index is 2.42. The van der Waals surface area contributed by atoms with Crippen molar-refractivity contribution in [2.45, 2.75) is 45.1 Å². The molecule has 17 heavy (non-hydrogen) atoms. The van der Waals surface area contributed by atoms with E-state index in [4.69, 9.17) is 22.8 Å². The van der Waals surface area contributed by atoms with Gasteiger partial charge in [0.05, 0.1) is 13.2 Å². The van der Waals surface area contributed by atoms with Gasteiger partial charge in [-0.25, -0.2) is 0 Å². The highest BCUT2D eigenvalue weighted by molar-refractivity contribution is 6.60. The van der Waals surface area contributed by atoms with E-state index in [9.17, 15) is 0 Å². The third kappa shape index (κ3) is 5.03. The second kappa shape index (κ2) is 7.45. The summed E-state index contributed by atoms with van der Waals surface area (Å²) in [5.41, 5.74) is 0. The van der Waals surface area contributed by atoms with E-state index in [0.29, 0.717) is 6.61 Å². The molecule has 1 heterocycles. The number of hydrogen-bond donors (Lipinski definition) is 0. The van der Waals surface area contributed by atoms with E-state index < -0.39 is 8.80 Å². The van der Waals surface area contributed by atoms with Crippen molar-refractivity contribution in [1.82, 2.24) is 0 Å². The van der Waals surface area contributed by atoms with Crippen molar-refractivity contribution in [3.63, 3.8) is 0 Å². The van der Waals surface area contributed by atoms with E-state index in [-0.39, 0.29) is 12.4 Å². The van der Waals surface area contributed by atoms with Gasteiger partial charge in [0.25, 0.3) is 0 Å². The van der Waals surface area contributed by atoms with Gasteiger partial charge in [0.1, 0.15) is 6.10 Å². The van der Waals surface area contributed by atoms with Gasteiger partial charge in [-0.2, -0.15) is 0 Å². The van der Waals surface area contributed by atoms with Crippen LogP contribution in [0.2, 0.25) is 6.04 Å². The molecule has 2 atom stereocenters. The van der Waals surface area contributed by atoms with Gasteiger partial charge in [0.15, 0.2) is 6.29 Å². The first kappa shape index (κ1) is 15.1. The Labute approximate surface area is 105 Å². The van der Waals surface area contributed by atoms with Crippen LogP contribution in [0.1, 0.15) is 26.7 Å². The van der Waals surface area contributed by atoms with Gasteiger partial charge in [0.2, 0.25) is 0 Å². The van der Waals surface area contributed by atoms with Crippen LogP contribution < -0.4 is 0 Å². The molecule has 1 rings (SSSR count). The Morgan fingerprint density at radius 1 is 1.29 bits per heavy atom. The average Bonchev–Trinajstić information content (AvgIpc) is 3.17. The highest BCUT2D eigenvalue weighted by Crippen LogP contribution is 2.21. The lowest BCUT2D eigenvalue weighted by Crippen LogP contribution is -2.47. The summed E-state index contributed by atoms with van der Waals surface area (Å²) in [6.45, 7) is 5.49. The zero-order valence-electron chi connectivity index (χ0n) is 11.2. The molecule has 0 N–H and O–H groups in total. The van der Waals surface area contributed by atoms with Crippen LogP contribution in [0, 0.1) is 0 Å². The fourth-order valence-electron chi connectivity index (χ4n) is 1.56. The second-order valence-electron chi connectivity index (χ2n) is 4.09. The minimum atomic E-state index is -2.54. The number of epoxide rings is 1. The van der Waals surface area contributed by atoms with Crippen LogP contribution in [0.15, 0.2) is 0 Å². The Kier molecular flexibility index (Phi) is 6.61. The van der Waals surface area contributed by atoms with Crippen molar-refractivity contribution in [2.24, 2.45) is 0 Å². The highest BCUT2D eigenvalue weighted by atomic mass is 28.4. The predicted octanol–water partition coefficient (Wildman–Crippen LogP) is 1.80. The predicted molar refractivity (Wildman–Crippen MR) is 65.7 cm³/mol. The molecule has 1 aliphatic heterocycles. The lowest BCUT2D eigenvalue weighted by atomic mass is 10.4. The Hall–Kier alpha value is 0.0169. The van der Waals surface area contributed by atoms with E-state index in [1.165, 1.54) is 0 Å². The maximum absolute atomic E-state index is 5.92. The van der Waals surface area contributed by atoms with Gasteiger partial charge in [-0.3, -0.25) is 0 Å². The van der Waals surface area contributed by atoms with Crippen LogP contribution in [0.5, 0.6) is 0 Å². The molecule has 0 aromatic heterocycles.